The Morgan fingerprint density at radius 3 is 1.65 bits per heavy atom. The lowest BCUT2D eigenvalue weighted by Crippen LogP contribution is -2.29. The van der Waals surface area contributed by atoms with Crippen LogP contribution >= 0.6 is 7.82 Å². The number of rotatable bonds is 30. The van der Waals surface area contributed by atoms with Gasteiger partial charge in [-0.05, 0) is 70.6 Å². The van der Waals surface area contributed by atoms with Gasteiger partial charge in [-0.15, -0.1) is 0 Å². The summed E-state index contributed by atoms with van der Waals surface area (Å²) in [5.41, 5.74) is 0. The number of phosphoric ester groups is 1. The van der Waals surface area contributed by atoms with Crippen LogP contribution in [0.4, 0.5) is 0 Å². The van der Waals surface area contributed by atoms with Crippen LogP contribution in [0.15, 0.2) is 72.9 Å². The third-order valence-corrected chi connectivity index (χ3v) is 7.21. The van der Waals surface area contributed by atoms with Crippen molar-refractivity contribution in [1.82, 2.24) is 0 Å². The van der Waals surface area contributed by atoms with Crippen LogP contribution in [-0.2, 0) is 28.2 Å². The fourth-order valence-corrected chi connectivity index (χ4v) is 4.54. The maximum atomic E-state index is 12.3. The van der Waals surface area contributed by atoms with Crippen molar-refractivity contribution in [2.75, 3.05) is 13.2 Å². The summed E-state index contributed by atoms with van der Waals surface area (Å²) in [4.78, 5) is 42.5. The van der Waals surface area contributed by atoms with Gasteiger partial charge in [0.1, 0.15) is 6.61 Å². The van der Waals surface area contributed by atoms with E-state index in [1.807, 2.05) is 12.2 Å². The zero-order valence-electron chi connectivity index (χ0n) is 28.4. The van der Waals surface area contributed by atoms with Crippen molar-refractivity contribution in [3.05, 3.63) is 72.9 Å². The van der Waals surface area contributed by atoms with Crippen molar-refractivity contribution in [2.45, 2.75) is 136 Å². The highest BCUT2D eigenvalue weighted by atomic mass is 31.2. The topological polar surface area (TPSA) is 119 Å². The number of carbonyl (C=O) groups is 2. The Morgan fingerprint density at radius 2 is 1.09 bits per heavy atom. The van der Waals surface area contributed by atoms with Crippen LogP contribution < -0.4 is 0 Å². The van der Waals surface area contributed by atoms with Crippen LogP contribution in [0, 0.1) is 0 Å². The van der Waals surface area contributed by atoms with Crippen LogP contribution in [0.25, 0.3) is 0 Å². The van der Waals surface area contributed by atoms with Gasteiger partial charge >= 0.3 is 19.8 Å². The molecule has 0 bridgehead atoms. The molecule has 0 spiro atoms. The van der Waals surface area contributed by atoms with E-state index in [1.165, 1.54) is 25.7 Å². The van der Waals surface area contributed by atoms with Crippen molar-refractivity contribution in [2.24, 2.45) is 0 Å². The molecule has 0 aromatic heterocycles. The Hall–Kier alpha value is -2.51. The Balaban J connectivity index is 4.15. The smallest absolute Gasteiger partial charge is 0.462 e. The molecule has 0 saturated heterocycles. The molecular weight excluding hydrogens is 603 g/mol. The molecule has 0 fully saturated rings. The van der Waals surface area contributed by atoms with Crippen LogP contribution in [0.1, 0.15) is 129 Å². The minimum Gasteiger partial charge on any atom is -0.462 e. The van der Waals surface area contributed by atoms with Gasteiger partial charge in [-0.25, -0.2) is 4.57 Å². The lowest BCUT2D eigenvalue weighted by Gasteiger charge is -2.18. The van der Waals surface area contributed by atoms with E-state index in [2.05, 4.69) is 79.1 Å². The normalized spacial score (nSPS) is 13.4. The Morgan fingerprint density at radius 1 is 0.587 bits per heavy atom. The molecule has 0 amide bonds. The van der Waals surface area contributed by atoms with Crippen molar-refractivity contribution < 1.29 is 37.9 Å². The Bertz CT molecular complexity index is 974. The first-order chi connectivity index (χ1) is 22.3. The van der Waals surface area contributed by atoms with Gasteiger partial charge < -0.3 is 19.3 Å². The second-order valence-electron chi connectivity index (χ2n) is 11.1. The Kier molecular flexibility index (Phi) is 30.7. The fourth-order valence-electron chi connectivity index (χ4n) is 4.18. The molecule has 262 valence electrons. The molecule has 0 aliphatic carbocycles. The number of ether oxygens (including phenoxy) is 2. The molecule has 2 N–H and O–H groups in total. The standard InChI is InChI=1S/C37H61O8P/c1-3-5-7-9-11-13-15-17-18-20-21-23-25-27-29-31-36(38)43-33-35(34-44-46(40,41)42)45-37(39)32-30-28-26-24-22-19-16-14-12-10-8-6-4-2/h6,8,11-14,17-19,22,26,28,35H,3-5,7,9-10,15-16,20-21,23-25,27,29-34H2,1-2H3,(H2,40,41,42)/b8-6-,13-11-,14-12-,18-17-,22-19-,28-26-. The van der Waals surface area contributed by atoms with Gasteiger partial charge in [0.05, 0.1) is 6.61 Å². The summed E-state index contributed by atoms with van der Waals surface area (Å²) in [7, 11) is -4.77. The predicted octanol–water partition coefficient (Wildman–Crippen LogP) is 9.95. The molecule has 1 unspecified atom stereocenters. The molecule has 1 atom stereocenters. The summed E-state index contributed by atoms with van der Waals surface area (Å²) < 4.78 is 26.1. The second kappa shape index (κ2) is 32.4. The predicted molar refractivity (Wildman–Crippen MR) is 188 cm³/mol. The molecule has 0 aliphatic rings. The highest BCUT2D eigenvalue weighted by molar-refractivity contribution is 7.46. The largest absolute Gasteiger partial charge is 0.469 e. The third kappa shape index (κ3) is 34.4. The molecule has 0 saturated carbocycles. The first kappa shape index (κ1) is 43.5. The van der Waals surface area contributed by atoms with E-state index in [4.69, 9.17) is 19.3 Å². The first-order valence-electron chi connectivity index (χ1n) is 17.2. The quantitative estimate of drug-likeness (QED) is 0.0337. The van der Waals surface area contributed by atoms with Crippen LogP contribution in [0.5, 0.6) is 0 Å². The molecule has 0 aromatic rings. The Labute approximate surface area is 279 Å². The molecular formula is C37H61O8P. The van der Waals surface area contributed by atoms with Crippen LogP contribution in [-0.4, -0.2) is 41.0 Å². The summed E-state index contributed by atoms with van der Waals surface area (Å²) in [5, 5.41) is 0. The summed E-state index contributed by atoms with van der Waals surface area (Å²) in [6, 6.07) is 0. The van der Waals surface area contributed by atoms with E-state index in [-0.39, 0.29) is 19.4 Å². The van der Waals surface area contributed by atoms with Crippen molar-refractivity contribution in [3.8, 4) is 0 Å². The minimum absolute atomic E-state index is 0.0839. The number of hydrogen-bond donors (Lipinski definition) is 2. The number of carbonyl (C=O) groups excluding carboxylic acids is 2. The van der Waals surface area contributed by atoms with Gasteiger partial charge in [-0.2, -0.15) is 0 Å². The molecule has 0 rings (SSSR count). The fraction of sp³-hybridized carbons (Fsp3) is 0.622. The molecule has 0 aromatic carbocycles. The van der Waals surface area contributed by atoms with Gasteiger partial charge in [0.15, 0.2) is 6.10 Å². The highest BCUT2D eigenvalue weighted by Crippen LogP contribution is 2.35. The average Bonchev–Trinajstić information content (AvgIpc) is 3.02. The van der Waals surface area contributed by atoms with Crippen molar-refractivity contribution in [3.63, 3.8) is 0 Å². The minimum atomic E-state index is -4.77. The summed E-state index contributed by atoms with van der Waals surface area (Å²) in [6.45, 7) is 3.43. The van der Waals surface area contributed by atoms with Gasteiger partial charge in [0.2, 0.25) is 0 Å². The number of hydrogen-bond acceptors (Lipinski definition) is 6. The first-order valence-corrected chi connectivity index (χ1v) is 18.8. The maximum absolute atomic E-state index is 12.3. The summed E-state index contributed by atoms with van der Waals surface area (Å²) >= 11 is 0. The number of phosphoric acid groups is 1. The number of unbranched alkanes of at least 4 members (excludes halogenated alkanes) is 8. The van der Waals surface area contributed by atoms with Crippen LogP contribution in [0.3, 0.4) is 0 Å². The van der Waals surface area contributed by atoms with Crippen molar-refractivity contribution >= 4 is 19.8 Å². The molecule has 0 aliphatic heterocycles. The number of allylic oxidation sites excluding steroid dienone is 12. The molecule has 8 nitrogen and oxygen atoms in total. The maximum Gasteiger partial charge on any atom is 0.469 e. The van der Waals surface area contributed by atoms with Gasteiger partial charge in [-0.3, -0.25) is 14.1 Å². The zero-order valence-corrected chi connectivity index (χ0v) is 29.3. The van der Waals surface area contributed by atoms with E-state index in [1.54, 1.807) is 0 Å². The van der Waals surface area contributed by atoms with E-state index in [9.17, 15) is 14.2 Å². The van der Waals surface area contributed by atoms with E-state index < -0.39 is 32.5 Å². The lowest BCUT2D eigenvalue weighted by molar-refractivity contribution is -0.161. The third-order valence-electron chi connectivity index (χ3n) is 6.72. The number of esters is 2. The van der Waals surface area contributed by atoms with Gasteiger partial charge in [0.25, 0.3) is 0 Å². The lowest BCUT2D eigenvalue weighted by atomic mass is 10.1. The van der Waals surface area contributed by atoms with Gasteiger partial charge in [-0.1, -0.05) is 119 Å². The van der Waals surface area contributed by atoms with E-state index in [0.717, 1.165) is 64.2 Å². The molecule has 0 radical (unpaired) electrons. The van der Waals surface area contributed by atoms with E-state index in [0.29, 0.717) is 12.8 Å². The molecule has 46 heavy (non-hydrogen) atoms. The zero-order chi connectivity index (χ0) is 34.0. The van der Waals surface area contributed by atoms with Gasteiger partial charge in [0, 0.05) is 12.8 Å². The van der Waals surface area contributed by atoms with Crippen molar-refractivity contribution in [1.29, 1.82) is 0 Å². The summed E-state index contributed by atoms with van der Waals surface area (Å²) in [5.74, 6) is -1.01. The highest BCUT2D eigenvalue weighted by Gasteiger charge is 2.22. The monoisotopic (exact) mass is 664 g/mol. The summed E-state index contributed by atoms with van der Waals surface area (Å²) in [6.07, 6.45) is 40.7. The average molecular weight is 665 g/mol. The van der Waals surface area contributed by atoms with E-state index >= 15 is 0 Å². The molecule has 0 heterocycles. The SMILES string of the molecule is CC/C=C\C/C=C\C/C=C\C/C=C\CCC(=O)OC(COC(=O)CCCCCCC/C=C\C/C=C\CCCCC)COP(=O)(O)O. The molecule has 9 heteroatoms. The van der Waals surface area contributed by atoms with Crippen LogP contribution in [0.2, 0.25) is 0 Å². The second-order valence-corrected chi connectivity index (χ2v) is 12.3.